The van der Waals surface area contributed by atoms with Crippen LogP contribution >= 0.6 is 0 Å². The molecule has 0 aromatic carbocycles. The molecule has 0 aliphatic heterocycles. The zero-order valence-electron chi connectivity index (χ0n) is 4.21. The van der Waals surface area contributed by atoms with Gasteiger partial charge in [0.25, 0.3) is 0 Å². The maximum absolute atomic E-state index is 12.5. The van der Waals surface area contributed by atoms with Crippen LogP contribution in [0.4, 0.5) is 4.39 Å². The highest BCUT2D eigenvalue weighted by Gasteiger charge is 2.70. The molecule has 3 rings (SSSR count). The molecule has 2 heteroatoms. The molecule has 0 aromatic heterocycles. The first-order valence-electron chi connectivity index (χ1n) is 2.66. The molecule has 0 unspecified atom stereocenters. The van der Waals surface area contributed by atoms with Crippen molar-refractivity contribution in [2.24, 2.45) is 0 Å². The maximum Gasteiger partial charge on any atom is 0.128 e. The quantitative estimate of drug-likeness (QED) is 0.441. The molecular weight excluding hydrogens is 93.1 g/mol. The van der Waals surface area contributed by atoms with Gasteiger partial charge in [-0.1, -0.05) is 0 Å². The van der Waals surface area contributed by atoms with Crippen molar-refractivity contribution in [3.63, 3.8) is 0 Å². The molecule has 0 aromatic rings. The lowest BCUT2D eigenvalue weighted by molar-refractivity contribution is -0.565. The largest absolute Gasteiger partial charge is 0.352 e. The van der Waals surface area contributed by atoms with E-state index >= 15 is 0 Å². The number of quaternary nitrogens is 1. The van der Waals surface area contributed by atoms with Gasteiger partial charge in [-0.25, -0.2) is 4.39 Å². The minimum atomic E-state index is -0.734. The third kappa shape index (κ3) is 0.278. The number of rotatable bonds is 0. The average molecular weight is 102 g/mol. The molecule has 0 amide bonds. The number of alkyl halides is 1. The number of hydrogen-bond donors (Lipinski definition) is 1. The van der Waals surface area contributed by atoms with Crippen LogP contribution in [-0.4, -0.2) is 11.2 Å². The first-order chi connectivity index (χ1) is 3.12. The topological polar surface area (TPSA) is 27.6 Å². The summed E-state index contributed by atoms with van der Waals surface area (Å²) in [5.41, 5.74) is 3.32. The van der Waals surface area contributed by atoms with E-state index < -0.39 is 5.67 Å². The summed E-state index contributed by atoms with van der Waals surface area (Å²) in [5.74, 6) is 0. The summed E-state index contributed by atoms with van der Waals surface area (Å²) >= 11 is 0. The van der Waals surface area contributed by atoms with E-state index in [0.717, 1.165) is 19.3 Å². The van der Waals surface area contributed by atoms with E-state index in [2.05, 4.69) is 5.73 Å². The third-order valence-corrected chi connectivity index (χ3v) is 2.08. The van der Waals surface area contributed by atoms with E-state index in [1.54, 1.807) is 0 Å². The van der Waals surface area contributed by atoms with Gasteiger partial charge < -0.3 is 5.73 Å². The summed E-state index contributed by atoms with van der Waals surface area (Å²) < 4.78 is 12.5. The van der Waals surface area contributed by atoms with Crippen molar-refractivity contribution in [2.45, 2.75) is 30.5 Å². The number of hydrogen-bond acceptors (Lipinski definition) is 0. The van der Waals surface area contributed by atoms with Crippen molar-refractivity contribution in [3.05, 3.63) is 0 Å². The first kappa shape index (κ1) is 3.84. The minimum absolute atomic E-state index is 0.203. The van der Waals surface area contributed by atoms with Gasteiger partial charge in [-0.2, -0.15) is 0 Å². The van der Waals surface area contributed by atoms with Gasteiger partial charge in [-0.15, -0.1) is 0 Å². The van der Waals surface area contributed by atoms with Gasteiger partial charge in [0.15, 0.2) is 0 Å². The van der Waals surface area contributed by atoms with Gasteiger partial charge in [-0.3, -0.25) is 0 Å². The zero-order valence-corrected chi connectivity index (χ0v) is 4.21. The molecule has 3 aliphatic rings. The van der Waals surface area contributed by atoms with Crippen LogP contribution in [0, 0.1) is 0 Å². The van der Waals surface area contributed by atoms with Crippen LogP contribution in [0.15, 0.2) is 0 Å². The minimum Gasteiger partial charge on any atom is -0.352 e. The summed E-state index contributed by atoms with van der Waals surface area (Å²) in [6.45, 7) is 0. The average Bonchev–Trinajstić information content (AvgIpc) is 1.27. The lowest BCUT2D eigenvalue weighted by Gasteiger charge is -2.60. The van der Waals surface area contributed by atoms with Crippen molar-refractivity contribution in [1.29, 1.82) is 0 Å². The van der Waals surface area contributed by atoms with Gasteiger partial charge in [0.2, 0.25) is 0 Å². The van der Waals surface area contributed by atoms with Crippen LogP contribution in [0.2, 0.25) is 0 Å². The second-order valence-electron chi connectivity index (χ2n) is 3.18. The molecule has 0 spiro atoms. The molecule has 0 radical (unpaired) electrons. The second kappa shape index (κ2) is 0.635. The Morgan fingerprint density at radius 3 is 1.71 bits per heavy atom. The Morgan fingerprint density at radius 1 is 1.29 bits per heavy atom. The molecule has 0 heterocycles. The number of halogens is 1. The second-order valence-corrected chi connectivity index (χ2v) is 3.18. The molecule has 1 nitrogen and oxygen atoms in total. The van der Waals surface area contributed by atoms with Crippen molar-refractivity contribution < 1.29 is 10.1 Å². The van der Waals surface area contributed by atoms with Crippen LogP contribution < -0.4 is 5.73 Å². The lowest BCUT2D eigenvalue weighted by Crippen LogP contribution is -2.91. The van der Waals surface area contributed by atoms with E-state index in [1.807, 2.05) is 0 Å². The predicted molar refractivity (Wildman–Crippen MR) is 23.3 cm³/mol. The Bertz CT molecular complexity index is 89.5. The van der Waals surface area contributed by atoms with Gasteiger partial charge in [0.05, 0.1) is 0 Å². The van der Waals surface area contributed by atoms with E-state index in [0.29, 0.717) is 0 Å². The summed E-state index contributed by atoms with van der Waals surface area (Å²) in [5, 5.41) is 0. The molecule has 7 heavy (non-hydrogen) atoms. The molecule has 0 saturated heterocycles. The van der Waals surface area contributed by atoms with Crippen LogP contribution in [-0.2, 0) is 0 Å². The highest BCUT2D eigenvalue weighted by Crippen LogP contribution is 2.59. The van der Waals surface area contributed by atoms with Gasteiger partial charge >= 0.3 is 0 Å². The standard InChI is InChI=1S/C5H8FN/c6-4-1-5(7,2-4)3-4/h1-3,7H2/p+1. The SMILES string of the molecule is [NH3+]C12CC(F)(C1)C2. The van der Waals surface area contributed by atoms with Crippen molar-refractivity contribution in [1.82, 2.24) is 0 Å². The first-order valence-corrected chi connectivity index (χ1v) is 2.66. The molecular formula is C5H9FN+. The fourth-order valence-corrected chi connectivity index (χ4v) is 1.86. The van der Waals surface area contributed by atoms with E-state index in [1.165, 1.54) is 0 Å². The van der Waals surface area contributed by atoms with Crippen LogP contribution in [0.3, 0.4) is 0 Å². The Kier molecular flexibility index (Phi) is 0.348. The molecule has 0 atom stereocenters. The van der Waals surface area contributed by atoms with Crippen LogP contribution in [0.1, 0.15) is 19.3 Å². The van der Waals surface area contributed by atoms with E-state index in [4.69, 9.17) is 0 Å². The normalized spacial score (nSPS) is 66.0. The molecule has 40 valence electrons. The van der Waals surface area contributed by atoms with E-state index in [-0.39, 0.29) is 5.54 Å². The Hall–Kier alpha value is -0.110. The smallest absolute Gasteiger partial charge is 0.128 e. The summed E-state index contributed by atoms with van der Waals surface area (Å²) in [6.07, 6.45) is 2.21. The monoisotopic (exact) mass is 102 g/mol. The molecule has 3 N–H and O–H groups in total. The molecule has 3 fully saturated rings. The van der Waals surface area contributed by atoms with Crippen LogP contribution in [0.25, 0.3) is 0 Å². The van der Waals surface area contributed by atoms with Gasteiger partial charge in [0.1, 0.15) is 11.2 Å². The van der Waals surface area contributed by atoms with Gasteiger partial charge in [0, 0.05) is 19.3 Å². The zero-order chi connectivity index (χ0) is 5.12. The van der Waals surface area contributed by atoms with Crippen molar-refractivity contribution in [3.8, 4) is 0 Å². The summed E-state index contributed by atoms with van der Waals surface area (Å²) in [4.78, 5) is 0. The van der Waals surface area contributed by atoms with Crippen LogP contribution in [0.5, 0.6) is 0 Å². The van der Waals surface area contributed by atoms with Crippen molar-refractivity contribution >= 4 is 0 Å². The van der Waals surface area contributed by atoms with Gasteiger partial charge in [-0.05, 0) is 0 Å². The fraction of sp³-hybridized carbons (Fsp3) is 1.00. The fourth-order valence-electron chi connectivity index (χ4n) is 1.86. The summed E-state index contributed by atoms with van der Waals surface area (Å²) in [7, 11) is 0. The highest BCUT2D eigenvalue weighted by molar-refractivity contribution is 5.19. The Balaban J connectivity index is 2.16. The maximum atomic E-state index is 12.5. The Labute approximate surface area is 41.7 Å². The predicted octanol–water partition coefficient (Wildman–Crippen LogP) is -0.127. The van der Waals surface area contributed by atoms with E-state index in [9.17, 15) is 4.39 Å². The Morgan fingerprint density at radius 2 is 1.71 bits per heavy atom. The molecule has 3 aliphatic carbocycles. The third-order valence-electron chi connectivity index (χ3n) is 2.08. The highest BCUT2D eigenvalue weighted by atomic mass is 19.1. The molecule has 3 saturated carbocycles. The summed E-state index contributed by atoms with van der Waals surface area (Å²) in [6, 6.07) is 0. The van der Waals surface area contributed by atoms with Crippen molar-refractivity contribution in [2.75, 3.05) is 0 Å². The molecule has 2 bridgehead atoms. The lowest BCUT2D eigenvalue weighted by atomic mass is 9.48.